The fourth-order valence-electron chi connectivity index (χ4n) is 4.76. The van der Waals surface area contributed by atoms with E-state index < -0.39 is 0 Å². The lowest BCUT2D eigenvalue weighted by molar-refractivity contribution is -0.147. The van der Waals surface area contributed by atoms with E-state index in [4.69, 9.17) is 4.74 Å². The van der Waals surface area contributed by atoms with Crippen molar-refractivity contribution in [3.63, 3.8) is 0 Å². The van der Waals surface area contributed by atoms with Gasteiger partial charge in [-0.3, -0.25) is 9.59 Å². The Hall–Kier alpha value is -1.88. The number of hydrogen-bond acceptors (Lipinski definition) is 3. The third kappa shape index (κ3) is 2.74. The molecule has 2 amide bonds. The molecular weight excluding hydrogens is 316 g/mol. The molecule has 0 bridgehead atoms. The van der Waals surface area contributed by atoms with Crippen LogP contribution in [-0.2, 0) is 14.3 Å². The van der Waals surface area contributed by atoms with E-state index in [-0.39, 0.29) is 23.1 Å². The highest BCUT2D eigenvalue weighted by atomic mass is 16.5. The Morgan fingerprint density at radius 2 is 1.88 bits per heavy atom. The number of ether oxygens (including phenoxy) is 1. The molecule has 4 rings (SSSR count). The second-order valence-electron chi connectivity index (χ2n) is 8.15. The van der Waals surface area contributed by atoms with Crippen molar-refractivity contribution in [2.45, 2.75) is 33.6 Å². The van der Waals surface area contributed by atoms with Gasteiger partial charge in [-0.05, 0) is 38.3 Å². The smallest absolute Gasteiger partial charge is 0.228 e. The van der Waals surface area contributed by atoms with Gasteiger partial charge < -0.3 is 14.5 Å². The minimum absolute atomic E-state index is 0.0628. The van der Waals surface area contributed by atoms with Gasteiger partial charge in [0.1, 0.15) is 0 Å². The van der Waals surface area contributed by atoms with E-state index in [1.807, 2.05) is 23.6 Å². The normalized spacial score (nSPS) is 24.9. The monoisotopic (exact) mass is 342 g/mol. The van der Waals surface area contributed by atoms with Crippen molar-refractivity contribution in [3.8, 4) is 0 Å². The van der Waals surface area contributed by atoms with Crippen molar-refractivity contribution in [1.82, 2.24) is 4.90 Å². The molecular formula is C20H26N2O3. The molecule has 5 heteroatoms. The number of benzene rings is 1. The largest absolute Gasteiger partial charge is 0.381 e. The van der Waals surface area contributed by atoms with Gasteiger partial charge >= 0.3 is 0 Å². The summed E-state index contributed by atoms with van der Waals surface area (Å²) in [7, 11) is 0. The van der Waals surface area contributed by atoms with Crippen molar-refractivity contribution in [2.75, 3.05) is 37.7 Å². The molecule has 3 fully saturated rings. The molecule has 1 atom stereocenters. The van der Waals surface area contributed by atoms with Gasteiger partial charge in [0.2, 0.25) is 11.8 Å². The molecule has 1 aromatic rings. The molecule has 3 heterocycles. The Kier molecular flexibility index (Phi) is 3.87. The summed E-state index contributed by atoms with van der Waals surface area (Å²) in [6.45, 7) is 9.81. The Morgan fingerprint density at radius 1 is 1.20 bits per heavy atom. The Morgan fingerprint density at radius 3 is 2.48 bits per heavy atom. The maximum atomic E-state index is 12.8. The molecule has 0 radical (unpaired) electrons. The molecule has 0 aliphatic carbocycles. The van der Waals surface area contributed by atoms with Gasteiger partial charge in [0, 0.05) is 43.8 Å². The molecule has 25 heavy (non-hydrogen) atoms. The van der Waals surface area contributed by atoms with E-state index in [9.17, 15) is 9.59 Å². The van der Waals surface area contributed by atoms with Gasteiger partial charge in [0.15, 0.2) is 0 Å². The number of rotatable bonds is 2. The summed E-state index contributed by atoms with van der Waals surface area (Å²) < 4.78 is 5.48. The van der Waals surface area contributed by atoms with Crippen molar-refractivity contribution in [1.29, 1.82) is 0 Å². The van der Waals surface area contributed by atoms with Crippen molar-refractivity contribution >= 4 is 17.5 Å². The fourth-order valence-corrected chi connectivity index (χ4v) is 4.76. The lowest BCUT2D eigenvalue weighted by atomic mass is 9.78. The van der Waals surface area contributed by atoms with Crippen molar-refractivity contribution < 1.29 is 14.3 Å². The maximum Gasteiger partial charge on any atom is 0.228 e. The van der Waals surface area contributed by atoms with E-state index in [2.05, 4.69) is 19.1 Å². The van der Waals surface area contributed by atoms with Crippen LogP contribution in [0.2, 0.25) is 0 Å². The summed E-state index contributed by atoms with van der Waals surface area (Å²) in [6, 6.07) is 4.20. The average molecular weight is 342 g/mol. The third-order valence-electron chi connectivity index (χ3n) is 5.93. The Labute approximate surface area is 148 Å². The summed E-state index contributed by atoms with van der Waals surface area (Å²) in [5.41, 5.74) is 4.58. The lowest BCUT2D eigenvalue weighted by Gasteiger charge is -2.48. The first-order chi connectivity index (χ1) is 11.9. The molecule has 5 nitrogen and oxygen atoms in total. The van der Waals surface area contributed by atoms with Crippen LogP contribution in [0.15, 0.2) is 12.1 Å². The van der Waals surface area contributed by atoms with Crippen LogP contribution in [0.3, 0.4) is 0 Å². The third-order valence-corrected chi connectivity index (χ3v) is 5.93. The number of carbonyl (C=O) groups excluding carboxylic acids is 2. The predicted octanol–water partition coefficient (Wildman–Crippen LogP) is 2.21. The number of aryl methyl sites for hydroxylation is 3. The van der Waals surface area contributed by atoms with Crippen LogP contribution in [0.5, 0.6) is 0 Å². The number of hydrogen-bond donors (Lipinski definition) is 0. The summed E-state index contributed by atoms with van der Waals surface area (Å²) >= 11 is 0. The first kappa shape index (κ1) is 16.6. The van der Waals surface area contributed by atoms with Crippen LogP contribution >= 0.6 is 0 Å². The molecule has 1 spiro atoms. The van der Waals surface area contributed by atoms with Gasteiger partial charge in [-0.2, -0.15) is 0 Å². The molecule has 0 N–H and O–H groups in total. The van der Waals surface area contributed by atoms with Crippen LogP contribution in [0.25, 0.3) is 0 Å². The zero-order valence-corrected chi connectivity index (χ0v) is 15.3. The first-order valence-electron chi connectivity index (χ1n) is 9.13. The molecule has 1 unspecified atom stereocenters. The molecule has 3 aliphatic heterocycles. The van der Waals surface area contributed by atoms with Gasteiger partial charge in [-0.25, -0.2) is 0 Å². The summed E-state index contributed by atoms with van der Waals surface area (Å²) in [5.74, 6) is -0.0177. The summed E-state index contributed by atoms with van der Waals surface area (Å²) in [4.78, 5) is 29.2. The summed E-state index contributed by atoms with van der Waals surface area (Å²) in [6.07, 6.45) is 1.37. The quantitative estimate of drug-likeness (QED) is 0.828. The van der Waals surface area contributed by atoms with Crippen LogP contribution in [-0.4, -0.2) is 49.6 Å². The zero-order chi connectivity index (χ0) is 17.8. The van der Waals surface area contributed by atoms with E-state index in [1.54, 1.807) is 0 Å². The molecule has 3 saturated heterocycles. The second kappa shape index (κ2) is 5.84. The highest BCUT2D eigenvalue weighted by Gasteiger charge is 2.50. The van der Waals surface area contributed by atoms with E-state index in [0.29, 0.717) is 13.0 Å². The SMILES string of the molecule is Cc1cc(C)c(N2CC(C(=O)N3CC4(CCOC4)C3)CC2=O)c(C)c1. The number of nitrogens with zero attached hydrogens (tertiary/aromatic N) is 2. The molecule has 0 saturated carbocycles. The number of carbonyl (C=O) groups is 2. The topological polar surface area (TPSA) is 49.9 Å². The van der Waals surface area contributed by atoms with Crippen LogP contribution in [0.4, 0.5) is 5.69 Å². The highest BCUT2D eigenvalue weighted by Crippen LogP contribution is 2.40. The summed E-state index contributed by atoms with van der Waals surface area (Å²) in [5, 5.41) is 0. The fraction of sp³-hybridized carbons (Fsp3) is 0.600. The van der Waals surface area contributed by atoms with Gasteiger partial charge in [-0.1, -0.05) is 17.7 Å². The van der Waals surface area contributed by atoms with Gasteiger partial charge in [-0.15, -0.1) is 0 Å². The molecule has 1 aromatic carbocycles. The van der Waals surface area contributed by atoms with E-state index in [0.717, 1.165) is 49.5 Å². The maximum absolute atomic E-state index is 12.8. The van der Waals surface area contributed by atoms with E-state index >= 15 is 0 Å². The molecule has 0 aromatic heterocycles. The number of anilines is 1. The van der Waals surface area contributed by atoms with Gasteiger partial charge in [0.05, 0.1) is 12.5 Å². The highest BCUT2D eigenvalue weighted by molar-refractivity contribution is 6.01. The predicted molar refractivity (Wildman–Crippen MR) is 95.6 cm³/mol. The first-order valence-corrected chi connectivity index (χ1v) is 9.13. The molecule has 3 aliphatic rings. The van der Waals surface area contributed by atoms with Crippen molar-refractivity contribution in [3.05, 3.63) is 28.8 Å². The Balaban J connectivity index is 1.47. The minimum atomic E-state index is -0.215. The minimum Gasteiger partial charge on any atom is -0.381 e. The number of likely N-dealkylation sites (tertiary alicyclic amines) is 1. The van der Waals surface area contributed by atoms with Crippen LogP contribution < -0.4 is 4.90 Å². The lowest BCUT2D eigenvalue weighted by Crippen LogP contribution is -2.60. The standard InChI is InChI=1S/C20H26N2O3/c1-13-6-14(2)18(15(3)7-13)22-9-16(8-17(22)23)19(24)21-10-20(11-21)4-5-25-12-20/h6-7,16H,4-5,8-12H2,1-3H3. The van der Waals surface area contributed by atoms with Crippen LogP contribution in [0, 0.1) is 32.1 Å². The van der Waals surface area contributed by atoms with Crippen molar-refractivity contribution in [2.24, 2.45) is 11.3 Å². The average Bonchev–Trinajstić information content (AvgIpc) is 3.12. The van der Waals surface area contributed by atoms with E-state index in [1.165, 1.54) is 5.56 Å². The van der Waals surface area contributed by atoms with Gasteiger partial charge in [0.25, 0.3) is 0 Å². The Bertz CT molecular complexity index is 705. The number of amides is 2. The second-order valence-corrected chi connectivity index (χ2v) is 8.15. The zero-order valence-electron chi connectivity index (χ0n) is 15.3. The molecule has 134 valence electrons. The van der Waals surface area contributed by atoms with Crippen LogP contribution in [0.1, 0.15) is 29.5 Å².